The van der Waals surface area contributed by atoms with E-state index in [-0.39, 0.29) is 17.7 Å². The van der Waals surface area contributed by atoms with Crippen LogP contribution in [0.5, 0.6) is 0 Å². The Bertz CT molecular complexity index is 839. The van der Waals surface area contributed by atoms with Crippen molar-refractivity contribution >= 4 is 17.9 Å². The number of aromatic nitrogens is 2. The maximum atomic E-state index is 12.5. The number of para-hydroxylation sites is 1. The lowest BCUT2D eigenvalue weighted by atomic mass is 9.97. The fourth-order valence-electron chi connectivity index (χ4n) is 3.39. The Hall–Kier alpha value is -2.89. The topological polar surface area (TPSA) is 81.2 Å². The second kappa shape index (κ2) is 7.56. The van der Waals surface area contributed by atoms with E-state index in [1.54, 1.807) is 11.0 Å². The second-order valence-electron chi connectivity index (χ2n) is 6.69. The van der Waals surface area contributed by atoms with Gasteiger partial charge in [-0.25, -0.2) is 4.68 Å². The summed E-state index contributed by atoms with van der Waals surface area (Å²) >= 11 is 0. The van der Waals surface area contributed by atoms with Crippen molar-refractivity contribution in [2.75, 3.05) is 13.1 Å². The predicted octanol–water partition coefficient (Wildman–Crippen LogP) is 2.23. The van der Waals surface area contributed by atoms with Crippen molar-refractivity contribution in [3.05, 3.63) is 53.4 Å². The zero-order chi connectivity index (χ0) is 18.7. The Morgan fingerprint density at radius 3 is 2.65 bits per heavy atom. The predicted molar refractivity (Wildman–Crippen MR) is 101 cm³/mol. The van der Waals surface area contributed by atoms with E-state index in [2.05, 4.69) is 5.10 Å². The Morgan fingerprint density at radius 1 is 1.23 bits per heavy atom. The third-order valence-electron chi connectivity index (χ3n) is 4.88. The lowest BCUT2D eigenvalue weighted by Crippen LogP contribution is -2.43. The van der Waals surface area contributed by atoms with E-state index in [1.165, 1.54) is 0 Å². The summed E-state index contributed by atoms with van der Waals surface area (Å²) in [4.78, 5) is 25.6. The van der Waals surface area contributed by atoms with Gasteiger partial charge in [-0.3, -0.25) is 9.59 Å². The van der Waals surface area contributed by atoms with Crippen LogP contribution in [0.1, 0.15) is 29.8 Å². The molecule has 1 aromatic heterocycles. The molecule has 1 aromatic carbocycles. The summed E-state index contributed by atoms with van der Waals surface area (Å²) in [5, 5.41) is 4.59. The molecule has 6 heteroatoms. The zero-order valence-corrected chi connectivity index (χ0v) is 15.2. The summed E-state index contributed by atoms with van der Waals surface area (Å²) in [5.41, 5.74) is 9.15. The number of amides is 2. The van der Waals surface area contributed by atoms with Crippen LogP contribution in [0.25, 0.3) is 11.8 Å². The molecule has 1 fully saturated rings. The minimum atomic E-state index is -0.331. The number of primary amides is 1. The van der Waals surface area contributed by atoms with E-state index >= 15 is 0 Å². The SMILES string of the molecule is Cc1nn(-c2ccccc2)c(C)c1/C=C/C(=O)N1CCCC(C(N)=O)C1. The molecular formula is C20H24N4O2. The Labute approximate surface area is 153 Å². The molecule has 2 aromatic rings. The van der Waals surface area contributed by atoms with Crippen LogP contribution < -0.4 is 5.73 Å². The van der Waals surface area contributed by atoms with Gasteiger partial charge in [0.2, 0.25) is 11.8 Å². The number of piperidine rings is 1. The average Bonchev–Trinajstić information content (AvgIpc) is 2.94. The van der Waals surface area contributed by atoms with Crippen molar-refractivity contribution in [3.63, 3.8) is 0 Å². The van der Waals surface area contributed by atoms with Gasteiger partial charge in [-0.2, -0.15) is 5.10 Å². The van der Waals surface area contributed by atoms with Crippen LogP contribution >= 0.6 is 0 Å². The smallest absolute Gasteiger partial charge is 0.246 e. The molecule has 1 aliphatic heterocycles. The van der Waals surface area contributed by atoms with Gasteiger partial charge < -0.3 is 10.6 Å². The number of carbonyl (C=O) groups excluding carboxylic acids is 2. The van der Waals surface area contributed by atoms with Crippen LogP contribution in [-0.4, -0.2) is 39.6 Å². The standard InChI is InChI=1S/C20H24N4O2/c1-14-18(15(2)24(22-14)17-8-4-3-5-9-17)10-11-19(25)23-12-6-7-16(13-23)20(21)26/h3-5,8-11,16H,6-7,12-13H2,1-2H3,(H2,21,26)/b11-10+. The molecule has 2 heterocycles. The number of benzene rings is 1. The minimum Gasteiger partial charge on any atom is -0.369 e. The molecule has 26 heavy (non-hydrogen) atoms. The highest BCUT2D eigenvalue weighted by atomic mass is 16.2. The third-order valence-corrected chi connectivity index (χ3v) is 4.88. The number of hydrogen-bond acceptors (Lipinski definition) is 3. The molecule has 2 N–H and O–H groups in total. The second-order valence-corrected chi connectivity index (χ2v) is 6.69. The van der Waals surface area contributed by atoms with Crippen molar-refractivity contribution in [2.45, 2.75) is 26.7 Å². The van der Waals surface area contributed by atoms with E-state index in [0.717, 1.165) is 35.5 Å². The van der Waals surface area contributed by atoms with E-state index in [0.29, 0.717) is 13.1 Å². The number of likely N-dealkylation sites (tertiary alicyclic amines) is 1. The fraction of sp³-hybridized carbons (Fsp3) is 0.350. The largest absolute Gasteiger partial charge is 0.369 e. The normalized spacial score (nSPS) is 17.6. The van der Waals surface area contributed by atoms with E-state index in [9.17, 15) is 9.59 Å². The first kappa shape index (κ1) is 17.9. The molecule has 0 bridgehead atoms. The molecule has 1 aliphatic rings. The number of nitrogens with two attached hydrogens (primary N) is 1. The van der Waals surface area contributed by atoms with E-state index in [1.807, 2.05) is 54.9 Å². The molecule has 6 nitrogen and oxygen atoms in total. The van der Waals surface area contributed by atoms with Crippen LogP contribution in [0.3, 0.4) is 0 Å². The molecule has 2 amide bonds. The summed E-state index contributed by atoms with van der Waals surface area (Å²) in [6.45, 7) is 4.98. The molecule has 1 atom stereocenters. The van der Waals surface area contributed by atoms with Crippen LogP contribution in [0, 0.1) is 19.8 Å². The van der Waals surface area contributed by atoms with Gasteiger partial charge in [-0.15, -0.1) is 0 Å². The monoisotopic (exact) mass is 352 g/mol. The van der Waals surface area contributed by atoms with E-state index < -0.39 is 0 Å². The Balaban J connectivity index is 1.77. The van der Waals surface area contributed by atoms with Crippen LogP contribution in [0.15, 0.2) is 36.4 Å². The number of aryl methyl sites for hydroxylation is 1. The van der Waals surface area contributed by atoms with Crippen molar-refractivity contribution in [1.29, 1.82) is 0 Å². The fourth-order valence-corrected chi connectivity index (χ4v) is 3.39. The highest BCUT2D eigenvalue weighted by Gasteiger charge is 2.26. The lowest BCUT2D eigenvalue weighted by molar-refractivity contribution is -0.130. The summed E-state index contributed by atoms with van der Waals surface area (Å²) < 4.78 is 1.88. The average molecular weight is 352 g/mol. The van der Waals surface area contributed by atoms with Crippen molar-refractivity contribution in [2.24, 2.45) is 11.7 Å². The number of carbonyl (C=O) groups is 2. The number of rotatable bonds is 4. The van der Waals surface area contributed by atoms with Gasteiger partial charge >= 0.3 is 0 Å². The quantitative estimate of drug-likeness (QED) is 0.857. The summed E-state index contributed by atoms with van der Waals surface area (Å²) in [7, 11) is 0. The van der Waals surface area contributed by atoms with Crippen LogP contribution in [0.4, 0.5) is 0 Å². The maximum Gasteiger partial charge on any atom is 0.246 e. The third kappa shape index (κ3) is 3.69. The molecule has 3 rings (SSSR count). The van der Waals surface area contributed by atoms with Crippen molar-refractivity contribution < 1.29 is 9.59 Å². The molecule has 0 saturated carbocycles. The van der Waals surface area contributed by atoms with Gasteiger partial charge in [0.25, 0.3) is 0 Å². The van der Waals surface area contributed by atoms with Crippen molar-refractivity contribution in [3.8, 4) is 5.69 Å². The van der Waals surface area contributed by atoms with Crippen LogP contribution in [-0.2, 0) is 9.59 Å². The van der Waals surface area contributed by atoms with E-state index in [4.69, 9.17) is 5.73 Å². The highest BCUT2D eigenvalue weighted by Crippen LogP contribution is 2.20. The number of hydrogen-bond donors (Lipinski definition) is 1. The first-order chi connectivity index (χ1) is 12.5. The Kier molecular flexibility index (Phi) is 5.21. The van der Waals surface area contributed by atoms with Crippen molar-refractivity contribution in [1.82, 2.24) is 14.7 Å². The lowest BCUT2D eigenvalue weighted by Gasteiger charge is -2.30. The first-order valence-corrected chi connectivity index (χ1v) is 8.85. The number of nitrogens with zero attached hydrogens (tertiary/aromatic N) is 3. The first-order valence-electron chi connectivity index (χ1n) is 8.85. The molecule has 136 valence electrons. The van der Waals surface area contributed by atoms with Gasteiger partial charge in [0.15, 0.2) is 0 Å². The maximum absolute atomic E-state index is 12.5. The Morgan fingerprint density at radius 2 is 1.96 bits per heavy atom. The van der Waals surface area contributed by atoms with Gasteiger partial charge in [-0.1, -0.05) is 18.2 Å². The van der Waals surface area contributed by atoms with Gasteiger partial charge in [0.05, 0.1) is 17.3 Å². The van der Waals surface area contributed by atoms with Gasteiger partial charge in [0.1, 0.15) is 0 Å². The summed E-state index contributed by atoms with van der Waals surface area (Å²) in [6.07, 6.45) is 4.94. The molecule has 1 unspecified atom stereocenters. The minimum absolute atomic E-state index is 0.0952. The molecule has 1 saturated heterocycles. The molecule has 0 radical (unpaired) electrons. The highest BCUT2D eigenvalue weighted by molar-refractivity contribution is 5.92. The summed E-state index contributed by atoms with van der Waals surface area (Å²) in [6, 6.07) is 9.89. The molecule has 0 aliphatic carbocycles. The molecular weight excluding hydrogens is 328 g/mol. The summed E-state index contributed by atoms with van der Waals surface area (Å²) in [5.74, 6) is -0.671. The van der Waals surface area contributed by atoms with Crippen LogP contribution in [0.2, 0.25) is 0 Å². The van der Waals surface area contributed by atoms with Gasteiger partial charge in [0, 0.05) is 30.4 Å². The molecule has 0 spiro atoms. The van der Waals surface area contributed by atoms with Gasteiger partial charge in [-0.05, 0) is 44.9 Å². The zero-order valence-electron chi connectivity index (χ0n) is 15.2.